The molecule has 1 aromatic heterocycles. The average molecular weight is 358 g/mol. The molecule has 0 bridgehead atoms. The van der Waals surface area contributed by atoms with E-state index in [1.807, 2.05) is 30.5 Å². The van der Waals surface area contributed by atoms with Crippen LogP contribution in [0.5, 0.6) is 0 Å². The third-order valence-electron chi connectivity index (χ3n) is 3.68. The zero-order valence-corrected chi connectivity index (χ0v) is 15.6. The normalized spacial score (nSPS) is 11.9. The van der Waals surface area contributed by atoms with E-state index in [1.54, 1.807) is 25.3 Å². The molecule has 0 fully saturated rings. The molecule has 5 nitrogen and oxygen atoms in total. The van der Waals surface area contributed by atoms with Gasteiger partial charge >= 0.3 is 5.97 Å². The van der Waals surface area contributed by atoms with Gasteiger partial charge in [-0.05, 0) is 48.9 Å². The predicted molar refractivity (Wildman–Crippen MR) is 100 cm³/mol. The number of amides is 1. The Labute approximate surface area is 152 Å². The Morgan fingerprint density at radius 2 is 1.80 bits per heavy atom. The Kier molecular flexibility index (Phi) is 6.58. The molecular weight excluding hydrogens is 336 g/mol. The first-order valence-corrected chi connectivity index (χ1v) is 9.25. The van der Waals surface area contributed by atoms with E-state index in [0.717, 1.165) is 0 Å². The van der Waals surface area contributed by atoms with E-state index in [1.165, 1.54) is 17.3 Å². The predicted octanol–water partition coefficient (Wildman–Crippen LogP) is 4.11. The summed E-state index contributed by atoms with van der Waals surface area (Å²) in [6, 6.07) is 10.9. The molecule has 0 aliphatic rings. The molecule has 1 aromatic carbocycles. The number of nitrogens with one attached hydrogen (secondary N) is 1. The van der Waals surface area contributed by atoms with Crippen molar-refractivity contribution in [2.24, 2.45) is 0 Å². The molecule has 2 aromatic rings. The fraction of sp³-hybridized carbons (Fsp3) is 0.316. The second-order valence-electron chi connectivity index (χ2n) is 5.87. The summed E-state index contributed by atoms with van der Waals surface area (Å²) in [4.78, 5) is 28.6. The van der Waals surface area contributed by atoms with Crippen LogP contribution in [0, 0.1) is 0 Å². The van der Waals surface area contributed by atoms with Crippen molar-refractivity contribution in [3.63, 3.8) is 0 Å². The molecule has 6 heteroatoms. The number of esters is 1. The van der Waals surface area contributed by atoms with Crippen LogP contribution in [0.2, 0.25) is 0 Å². The van der Waals surface area contributed by atoms with Gasteiger partial charge in [0, 0.05) is 11.9 Å². The van der Waals surface area contributed by atoms with Gasteiger partial charge in [0.25, 0.3) is 5.91 Å². The van der Waals surface area contributed by atoms with Crippen molar-refractivity contribution in [1.82, 2.24) is 4.98 Å². The van der Waals surface area contributed by atoms with E-state index in [4.69, 9.17) is 4.74 Å². The number of anilines is 1. The lowest BCUT2D eigenvalue weighted by atomic mass is 10.0. The molecule has 0 aliphatic carbocycles. The second kappa shape index (κ2) is 8.67. The lowest BCUT2D eigenvalue weighted by molar-refractivity contribution is -0.123. The van der Waals surface area contributed by atoms with Crippen molar-refractivity contribution in [3.8, 4) is 0 Å². The standard InChI is InChI=1S/C19H22N2O3S/c1-12(2)14-7-9-15(10-8-14)21-17(22)13(3)24-19(23)16-6-5-11-20-18(16)25-4/h5-13H,1-4H3,(H,21,22)/t13-/m0/s1. The summed E-state index contributed by atoms with van der Waals surface area (Å²) >= 11 is 1.35. The number of thioether (sulfide) groups is 1. The van der Waals surface area contributed by atoms with Crippen LogP contribution in [0.25, 0.3) is 0 Å². The molecule has 0 radical (unpaired) electrons. The van der Waals surface area contributed by atoms with Crippen LogP contribution in [0.15, 0.2) is 47.6 Å². The largest absolute Gasteiger partial charge is 0.449 e. The maximum absolute atomic E-state index is 12.3. The number of hydrogen-bond donors (Lipinski definition) is 1. The first-order valence-electron chi connectivity index (χ1n) is 8.03. The van der Waals surface area contributed by atoms with Crippen LogP contribution in [0.3, 0.4) is 0 Å². The first-order chi connectivity index (χ1) is 11.9. The number of pyridine rings is 1. The third-order valence-corrected chi connectivity index (χ3v) is 4.39. The molecule has 0 saturated carbocycles. The van der Waals surface area contributed by atoms with Gasteiger partial charge in [-0.2, -0.15) is 0 Å². The molecule has 1 N–H and O–H groups in total. The fourth-order valence-corrected chi connectivity index (χ4v) is 2.72. The van der Waals surface area contributed by atoms with Crippen molar-refractivity contribution in [1.29, 1.82) is 0 Å². The molecule has 0 aliphatic heterocycles. The smallest absolute Gasteiger partial charge is 0.341 e. The summed E-state index contributed by atoms with van der Waals surface area (Å²) in [7, 11) is 0. The average Bonchev–Trinajstić information content (AvgIpc) is 2.61. The van der Waals surface area contributed by atoms with Gasteiger partial charge in [0.15, 0.2) is 6.10 Å². The number of carbonyl (C=O) groups excluding carboxylic acids is 2. The van der Waals surface area contributed by atoms with Gasteiger partial charge in [0.1, 0.15) is 5.03 Å². The summed E-state index contributed by atoms with van der Waals surface area (Å²) in [5, 5.41) is 3.33. The topological polar surface area (TPSA) is 68.3 Å². The maximum atomic E-state index is 12.3. The number of rotatable bonds is 6. The number of benzene rings is 1. The van der Waals surface area contributed by atoms with Gasteiger partial charge in [-0.3, -0.25) is 4.79 Å². The Morgan fingerprint density at radius 3 is 2.40 bits per heavy atom. The van der Waals surface area contributed by atoms with Crippen molar-refractivity contribution < 1.29 is 14.3 Å². The minimum absolute atomic E-state index is 0.357. The van der Waals surface area contributed by atoms with Gasteiger partial charge in [-0.15, -0.1) is 11.8 Å². The van der Waals surface area contributed by atoms with Crippen LogP contribution >= 0.6 is 11.8 Å². The summed E-state index contributed by atoms with van der Waals surface area (Å²) in [6.07, 6.45) is 2.53. The summed E-state index contributed by atoms with van der Waals surface area (Å²) in [6.45, 7) is 5.76. The molecular formula is C19H22N2O3S. The number of hydrogen-bond acceptors (Lipinski definition) is 5. The highest BCUT2D eigenvalue weighted by Gasteiger charge is 2.21. The minimum Gasteiger partial charge on any atom is -0.449 e. The molecule has 1 atom stereocenters. The zero-order chi connectivity index (χ0) is 18.4. The number of carbonyl (C=O) groups is 2. The summed E-state index contributed by atoms with van der Waals surface area (Å²) in [5.41, 5.74) is 2.22. The highest BCUT2D eigenvalue weighted by molar-refractivity contribution is 7.98. The van der Waals surface area contributed by atoms with Crippen LogP contribution in [0.4, 0.5) is 5.69 Å². The summed E-state index contributed by atoms with van der Waals surface area (Å²) in [5.74, 6) is -0.509. The molecule has 0 spiro atoms. The van der Waals surface area contributed by atoms with Gasteiger partial charge in [-0.25, -0.2) is 9.78 Å². The first kappa shape index (κ1) is 19.0. The van der Waals surface area contributed by atoms with Crippen LogP contribution in [0.1, 0.15) is 42.6 Å². The number of ether oxygens (including phenoxy) is 1. The summed E-state index contributed by atoms with van der Waals surface area (Å²) < 4.78 is 5.27. The van der Waals surface area contributed by atoms with Gasteiger partial charge < -0.3 is 10.1 Å². The van der Waals surface area contributed by atoms with E-state index < -0.39 is 12.1 Å². The Balaban J connectivity index is 1.99. The van der Waals surface area contributed by atoms with Crippen molar-refractivity contribution in [2.45, 2.75) is 37.8 Å². The highest BCUT2D eigenvalue weighted by atomic mass is 32.2. The molecule has 1 heterocycles. The lowest BCUT2D eigenvalue weighted by Gasteiger charge is -2.15. The van der Waals surface area contributed by atoms with E-state index in [9.17, 15) is 9.59 Å². The Morgan fingerprint density at radius 1 is 1.12 bits per heavy atom. The van der Waals surface area contributed by atoms with E-state index in [2.05, 4.69) is 24.1 Å². The highest BCUT2D eigenvalue weighted by Crippen LogP contribution is 2.19. The lowest BCUT2D eigenvalue weighted by Crippen LogP contribution is -2.30. The van der Waals surface area contributed by atoms with Crippen molar-refractivity contribution >= 4 is 29.3 Å². The minimum atomic E-state index is -0.910. The fourth-order valence-electron chi connectivity index (χ4n) is 2.18. The van der Waals surface area contributed by atoms with Gasteiger partial charge in [0.05, 0.1) is 5.56 Å². The number of aromatic nitrogens is 1. The Bertz CT molecular complexity index is 745. The number of nitrogens with zero attached hydrogens (tertiary/aromatic N) is 1. The van der Waals surface area contributed by atoms with Crippen LogP contribution < -0.4 is 5.32 Å². The van der Waals surface area contributed by atoms with Crippen LogP contribution in [-0.4, -0.2) is 29.2 Å². The van der Waals surface area contributed by atoms with Crippen molar-refractivity contribution in [3.05, 3.63) is 53.7 Å². The third kappa shape index (κ3) is 5.06. The SMILES string of the molecule is CSc1ncccc1C(=O)O[C@@H](C)C(=O)Nc1ccc(C(C)C)cc1. The van der Waals surface area contributed by atoms with Crippen molar-refractivity contribution in [2.75, 3.05) is 11.6 Å². The van der Waals surface area contributed by atoms with E-state index in [0.29, 0.717) is 22.2 Å². The molecule has 132 valence electrons. The second-order valence-corrected chi connectivity index (χ2v) is 6.67. The maximum Gasteiger partial charge on any atom is 0.341 e. The molecule has 1 amide bonds. The quantitative estimate of drug-likeness (QED) is 0.622. The molecule has 2 rings (SSSR count). The van der Waals surface area contributed by atoms with Gasteiger partial charge in [-0.1, -0.05) is 26.0 Å². The molecule has 0 saturated heterocycles. The monoisotopic (exact) mass is 358 g/mol. The zero-order valence-electron chi connectivity index (χ0n) is 14.8. The van der Waals surface area contributed by atoms with Gasteiger partial charge in [0.2, 0.25) is 0 Å². The Hall–Kier alpha value is -2.34. The molecule has 25 heavy (non-hydrogen) atoms. The molecule has 0 unspecified atom stereocenters. The van der Waals surface area contributed by atoms with Crippen LogP contribution in [-0.2, 0) is 9.53 Å². The van der Waals surface area contributed by atoms with E-state index in [-0.39, 0.29) is 5.91 Å². The van der Waals surface area contributed by atoms with E-state index >= 15 is 0 Å².